The lowest BCUT2D eigenvalue weighted by Crippen LogP contribution is -2.43. The van der Waals surface area contributed by atoms with E-state index < -0.39 is 65.2 Å². The quantitative estimate of drug-likeness (QED) is 0.226. The van der Waals surface area contributed by atoms with Crippen LogP contribution in [0.1, 0.15) is 28.1 Å². The first-order valence-electron chi connectivity index (χ1n) is 10.5. The second kappa shape index (κ2) is 9.28. The molecule has 0 aliphatic carbocycles. The number of rotatable bonds is 8. The fraction of sp³-hybridized carbons (Fsp3) is 0.217. The van der Waals surface area contributed by atoms with Crippen LogP contribution in [0.3, 0.4) is 0 Å². The number of fused-ring (bicyclic) bond motifs is 2. The Morgan fingerprint density at radius 2 is 1.70 bits per heavy atom. The summed E-state index contributed by atoms with van der Waals surface area (Å²) < 4.78 is 40.3. The number of hydrogen-bond donors (Lipinski definition) is 3. The van der Waals surface area contributed by atoms with E-state index in [9.17, 15) is 47.7 Å². The van der Waals surface area contributed by atoms with E-state index in [-0.39, 0.29) is 16.1 Å². The molecule has 192 valence electrons. The van der Waals surface area contributed by atoms with Crippen LogP contribution in [0.15, 0.2) is 47.3 Å². The van der Waals surface area contributed by atoms with E-state index in [1.807, 2.05) is 0 Å². The van der Waals surface area contributed by atoms with E-state index >= 15 is 0 Å². The molecule has 0 saturated carbocycles. The number of aromatic hydroxyl groups is 1. The van der Waals surface area contributed by atoms with Gasteiger partial charge in [0.25, 0.3) is 5.56 Å². The summed E-state index contributed by atoms with van der Waals surface area (Å²) in [5, 5.41) is 36.6. The average molecular weight is 535 g/mol. The summed E-state index contributed by atoms with van der Waals surface area (Å²) in [5.74, 6) is -4.53. The van der Waals surface area contributed by atoms with Crippen molar-refractivity contribution in [2.75, 3.05) is 0 Å². The molecule has 0 radical (unpaired) electrons. The van der Waals surface area contributed by atoms with Crippen molar-refractivity contribution in [3.8, 4) is 5.75 Å². The molecule has 0 aliphatic heterocycles. The van der Waals surface area contributed by atoms with Crippen molar-refractivity contribution >= 4 is 50.0 Å². The van der Waals surface area contributed by atoms with Gasteiger partial charge in [0, 0.05) is 17.7 Å². The highest BCUT2D eigenvalue weighted by Crippen LogP contribution is 2.35. The number of aliphatic carboxylic acids is 2. The SMILES string of the molecule is O=C(CC(CCn1nnc2ccc(C(F)(F)F)cc2c1=O)(C(=O)O)C(=O)O)c1cc2ccc(O)cc2s1. The zero-order chi connectivity index (χ0) is 27.1. The highest BCUT2D eigenvalue weighted by Gasteiger charge is 2.48. The van der Waals surface area contributed by atoms with E-state index in [2.05, 4.69) is 10.3 Å². The summed E-state index contributed by atoms with van der Waals surface area (Å²) in [4.78, 5) is 50.0. The summed E-state index contributed by atoms with van der Waals surface area (Å²) >= 11 is 0.940. The molecule has 0 saturated heterocycles. The Morgan fingerprint density at radius 3 is 2.35 bits per heavy atom. The van der Waals surface area contributed by atoms with Crippen molar-refractivity contribution < 1.29 is 42.9 Å². The molecular formula is C23H16F3N3O7S. The largest absolute Gasteiger partial charge is 0.508 e. The van der Waals surface area contributed by atoms with Crippen LogP contribution in [-0.2, 0) is 22.3 Å². The highest BCUT2D eigenvalue weighted by atomic mass is 32.1. The summed E-state index contributed by atoms with van der Waals surface area (Å²) in [5.41, 5.74) is -4.94. The summed E-state index contributed by atoms with van der Waals surface area (Å²) in [6, 6.07) is 8.02. The molecule has 3 N–H and O–H groups in total. The van der Waals surface area contributed by atoms with Crippen LogP contribution in [-0.4, -0.2) is 48.0 Å². The van der Waals surface area contributed by atoms with Gasteiger partial charge in [-0.25, -0.2) is 4.68 Å². The molecule has 0 unspecified atom stereocenters. The summed E-state index contributed by atoms with van der Waals surface area (Å²) in [7, 11) is 0. The molecule has 4 aromatic rings. The Balaban J connectivity index is 1.65. The Bertz CT molecular complexity index is 1610. The predicted molar refractivity (Wildman–Crippen MR) is 124 cm³/mol. The molecule has 0 spiro atoms. The third kappa shape index (κ3) is 4.87. The van der Waals surface area contributed by atoms with Crippen molar-refractivity contribution in [1.82, 2.24) is 15.0 Å². The fourth-order valence-electron chi connectivity index (χ4n) is 3.76. The number of hydrogen-bond acceptors (Lipinski definition) is 8. The Hall–Kier alpha value is -4.33. The average Bonchev–Trinajstić information content (AvgIpc) is 3.25. The zero-order valence-electron chi connectivity index (χ0n) is 18.5. The number of carboxylic acid groups (broad SMARTS) is 2. The molecular weight excluding hydrogens is 519 g/mol. The Labute approximate surface area is 208 Å². The lowest BCUT2D eigenvalue weighted by Gasteiger charge is -2.24. The number of alkyl halides is 3. The van der Waals surface area contributed by atoms with Crippen LogP contribution < -0.4 is 5.56 Å². The topological polar surface area (TPSA) is 160 Å². The Morgan fingerprint density at radius 1 is 1.00 bits per heavy atom. The van der Waals surface area contributed by atoms with Crippen LogP contribution in [0, 0.1) is 5.41 Å². The number of thiophene rings is 1. The van der Waals surface area contributed by atoms with Gasteiger partial charge in [0.1, 0.15) is 11.3 Å². The minimum absolute atomic E-state index is 0.0527. The first kappa shape index (κ1) is 25.8. The molecule has 0 fully saturated rings. The first-order valence-corrected chi connectivity index (χ1v) is 11.3. The van der Waals surface area contributed by atoms with Crippen LogP contribution >= 0.6 is 11.3 Å². The predicted octanol–water partition coefficient (Wildman–Crippen LogP) is 3.55. The molecule has 14 heteroatoms. The maximum atomic E-state index is 13.1. The minimum Gasteiger partial charge on any atom is -0.508 e. The number of halogens is 3. The number of Topliss-reactive ketones (excluding diaryl/α,β-unsaturated/α-hetero) is 1. The lowest BCUT2D eigenvalue weighted by atomic mass is 9.79. The molecule has 0 amide bonds. The number of carbonyl (C=O) groups excluding carboxylic acids is 1. The van der Waals surface area contributed by atoms with Gasteiger partial charge >= 0.3 is 18.1 Å². The highest BCUT2D eigenvalue weighted by molar-refractivity contribution is 7.20. The number of ketones is 1. The van der Waals surface area contributed by atoms with Gasteiger partial charge in [-0.05, 0) is 54.3 Å². The molecule has 2 aromatic heterocycles. The second-order valence-corrected chi connectivity index (χ2v) is 9.31. The van der Waals surface area contributed by atoms with Crippen LogP contribution in [0.2, 0.25) is 0 Å². The van der Waals surface area contributed by atoms with Crippen molar-refractivity contribution in [3.63, 3.8) is 0 Å². The molecule has 0 atom stereocenters. The fourth-order valence-corrected chi connectivity index (χ4v) is 4.79. The van der Waals surface area contributed by atoms with E-state index in [1.165, 1.54) is 24.3 Å². The first-order chi connectivity index (χ1) is 17.3. The number of aryl methyl sites for hydroxylation is 1. The smallest absolute Gasteiger partial charge is 0.416 e. The lowest BCUT2D eigenvalue weighted by molar-refractivity contribution is -0.165. The zero-order valence-corrected chi connectivity index (χ0v) is 19.3. The van der Waals surface area contributed by atoms with Gasteiger partial charge in [0.05, 0.1) is 15.8 Å². The minimum atomic E-state index is -4.73. The number of carbonyl (C=O) groups is 3. The van der Waals surface area contributed by atoms with Gasteiger partial charge in [-0.1, -0.05) is 5.21 Å². The number of aromatic nitrogens is 3. The Kier molecular flexibility index (Phi) is 6.46. The van der Waals surface area contributed by atoms with Crippen molar-refractivity contribution in [3.05, 3.63) is 63.3 Å². The van der Waals surface area contributed by atoms with Gasteiger partial charge in [0.15, 0.2) is 11.2 Å². The molecule has 0 bridgehead atoms. The van der Waals surface area contributed by atoms with Crippen LogP contribution in [0.4, 0.5) is 13.2 Å². The number of nitrogens with zero attached hydrogens (tertiary/aromatic N) is 3. The monoisotopic (exact) mass is 535 g/mol. The van der Waals surface area contributed by atoms with E-state index in [0.717, 1.165) is 23.5 Å². The number of phenols is 1. The number of benzene rings is 2. The van der Waals surface area contributed by atoms with Gasteiger partial charge in [-0.2, -0.15) is 13.2 Å². The third-order valence-corrected chi connectivity index (χ3v) is 7.00. The number of phenolic OH excluding ortho intramolecular Hbond substituents is 1. The molecule has 0 aliphatic rings. The maximum absolute atomic E-state index is 13.1. The standard InChI is InChI=1S/C23H16F3N3O7S/c24-23(25,26)12-2-4-15-14(8-12)19(32)29(28-27-15)6-5-22(20(33)34,21(35)36)10-16(31)18-7-11-1-3-13(30)9-17(11)37-18/h1-4,7-9,30H,5-6,10H2,(H,33,34)(H,35,36). The molecule has 37 heavy (non-hydrogen) atoms. The second-order valence-electron chi connectivity index (χ2n) is 8.22. The van der Waals surface area contributed by atoms with E-state index in [1.54, 1.807) is 0 Å². The van der Waals surface area contributed by atoms with Gasteiger partial charge in [-0.15, -0.1) is 16.4 Å². The van der Waals surface area contributed by atoms with Crippen molar-refractivity contribution in [2.24, 2.45) is 5.41 Å². The van der Waals surface area contributed by atoms with Crippen molar-refractivity contribution in [1.29, 1.82) is 0 Å². The van der Waals surface area contributed by atoms with E-state index in [0.29, 0.717) is 20.8 Å². The third-order valence-electron chi connectivity index (χ3n) is 5.86. The number of carboxylic acids is 2. The van der Waals surface area contributed by atoms with Crippen LogP contribution in [0.5, 0.6) is 5.75 Å². The van der Waals surface area contributed by atoms with Gasteiger partial charge < -0.3 is 15.3 Å². The van der Waals surface area contributed by atoms with Gasteiger partial charge in [-0.3, -0.25) is 19.2 Å². The normalized spacial score (nSPS) is 12.2. The molecule has 2 aromatic carbocycles. The van der Waals surface area contributed by atoms with Crippen LogP contribution in [0.25, 0.3) is 21.0 Å². The van der Waals surface area contributed by atoms with E-state index in [4.69, 9.17) is 0 Å². The molecule has 4 rings (SSSR count). The maximum Gasteiger partial charge on any atom is 0.416 e. The summed E-state index contributed by atoms with van der Waals surface area (Å²) in [6.07, 6.45) is -6.49. The molecule has 2 heterocycles. The van der Waals surface area contributed by atoms with Gasteiger partial charge in [0.2, 0.25) is 0 Å². The van der Waals surface area contributed by atoms with Crippen molar-refractivity contribution in [2.45, 2.75) is 25.6 Å². The summed E-state index contributed by atoms with van der Waals surface area (Å²) in [6.45, 7) is -0.649. The molecule has 10 nitrogen and oxygen atoms in total.